The fraction of sp³-hybridized carbons (Fsp3) is 0.458. The van der Waals surface area contributed by atoms with Gasteiger partial charge < -0.3 is 9.64 Å². The van der Waals surface area contributed by atoms with Gasteiger partial charge in [-0.1, -0.05) is 26.0 Å². The molecule has 1 heterocycles. The Morgan fingerprint density at radius 2 is 1.71 bits per heavy atom. The van der Waals surface area contributed by atoms with Crippen LogP contribution < -0.4 is 9.64 Å². The highest BCUT2D eigenvalue weighted by atomic mass is 32.2. The highest BCUT2D eigenvalue weighted by Gasteiger charge is 2.34. The van der Waals surface area contributed by atoms with Crippen molar-refractivity contribution >= 4 is 21.6 Å². The second-order valence-electron chi connectivity index (χ2n) is 8.79. The zero-order chi connectivity index (χ0) is 22.9. The zero-order valence-corrected chi connectivity index (χ0v) is 20.0. The molecule has 2 unspecified atom stereocenters. The number of hydrogen-bond donors (Lipinski definition) is 0. The summed E-state index contributed by atoms with van der Waals surface area (Å²) in [5.41, 5.74) is 3.12. The SMILES string of the molecule is COc1ccc(C(=O)N(C)c2cc(C)ccc2C)cc1S(=O)(=O)N1CC(C)CC(C)C1. The number of ether oxygens (including phenoxy) is 1. The highest BCUT2D eigenvalue weighted by molar-refractivity contribution is 7.89. The van der Waals surface area contributed by atoms with E-state index < -0.39 is 10.0 Å². The molecule has 0 radical (unpaired) electrons. The van der Waals surface area contributed by atoms with Gasteiger partial charge in [-0.15, -0.1) is 0 Å². The van der Waals surface area contributed by atoms with Crippen molar-refractivity contribution in [1.29, 1.82) is 0 Å². The second kappa shape index (κ2) is 9.01. The van der Waals surface area contributed by atoms with Gasteiger partial charge >= 0.3 is 0 Å². The van der Waals surface area contributed by atoms with Crippen molar-refractivity contribution in [3.05, 3.63) is 53.1 Å². The molecule has 2 atom stereocenters. The van der Waals surface area contributed by atoms with Crippen LogP contribution in [0.2, 0.25) is 0 Å². The van der Waals surface area contributed by atoms with Gasteiger partial charge in [0.2, 0.25) is 10.0 Å². The molecule has 6 nitrogen and oxygen atoms in total. The molecule has 1 fully saturated rings. The van der Waals surface area contributed by atoms with E-state index in [-0.39, 0.29) is 28.4 Å². The third kappa shape index (κ3) is 4.77. The maximum absolute atomic E-state index is 13.5. The molecule has 168 valence electrons. The van der Waals surface area contributed by atoms with Crippen molar-refractivity contribution in [2.75, 3.05) is 32.1 Å². The first-order valence-corrected chi connectivity index (χ1v) is 12.0. The maximum Gasteiger partial charge on any atom is 0.258 e. The minimum Gasteiger partial charge on any atom is -0.495 e. The molecule has 0 aromatic heterocycles. The van der Waals surface area contributed by atoms with Gasteiger partial charge in [-0.2, -0.15) is 4.31 Å². The summed E-state index contributed by atoms with van der Waals surface area (Å²) in [5.74, 6) is 0.541. The van der Waals surface area contributed by atoms with E-state index in [1.165, 1.54) is 17.5 Å². The number of anilines is 1. The quantitative estimate of drug-likeness (QED) is 0.691. The van der Waals surface area contributed by atoms with Gasteiger partial charge in [0.15, 0.2) is 0 Å². The Balaban J connectivity index is 2.00. The van der Waals surface area contributed by atoms with Crippen molar-refractivity contribution in [2.45, 2.75) is 39.0 Å². The largest absolute Gasteiger partial charge is 0.495 e. The number of hydrogen-bond acceptors (Lipinski definition) is 4. The molecule has 0 aliphatic carbocycles. The van der Waals surface area contributed by atoms with Gasteiger partial charge in [0.25, 0.3) is 5.91 Å². The average molecular weight is 445 g/mol. The summed E-state index contributed by atoms with van der Waals surface area (Å²) in [6.07, 6.45) is 1.00. The summed E-state index contributed by atoms with van der Waals surface area (Å²) in [7, 11) is -0.645. The summed E-state index contributed by atoms with van der Waals surface area (Å²) in [4.78, 5) is 14.8. The smallest absolute Gasteiger partial charge is 0.258 e. The first-order chi connectivity index (χ1) is 14.5. The zero-order valence-electron chi connectivity index (χ0n) is 19.2. The van der Waals surface area contributed by atoms with Crippen LogP contribution in [0.1, 0.15) is 41.8 Å². The number of nitrogens with zero attached hydrogens (tertiary/aromatic N) is 2. The normalized spacial score (nSPS) is 19.8. The number of benzene rings is 2. The molecular weight excluding hydrogens is 412 g/mol. The Hall–Kier alpha value is -2.38. The molecular formula is C24H32N2O4S. The Bertz CT molecular complexity index is 1070. The molecule has 31 heavy (non-hydrogen) atoms. The van der Waals surface area contributed by atoms with Crippen LogP contribution >= 0.6 is 0 Å². The first-order valence-electron chi connectivity index (χ1n) is 10.6. The summed E-state index contributed by atoms with van der Waals surface area (Å²) >= 11 is 0. The minimum absolute atomic E-state index is 0.0384. The van der Waals surface area contributed by atoms with Crippen LogP contribution in [0, 0.1) is 25.7 Å². The van der Waals surface area contributed by atoms with Crippen LogP contribution in [0.4, 0.5) is 5.69 Å². The number of amides is 1. The lowest BCUT2D eigenvalue weighted by atomic mass is 9.94. The van der Waals surface area contributed by atoms with Crippen LogP contribution in [0.25, 0.3) is 0 Å². The van der Waals surface area contributed by atoms with E-state index in [2.05, 4.69) is 13.8 Å². The van der Waals surface area contributed by atoms with Crippen LogP contribution in [0.3, 0.4) is 0 Å². The Morgan fingerprint density at radius 1 is 1.06 bits per heavy atom. The maximum atomic E-state index is 13.5. The van der Waals surface area contributed by atoms with Crippen LogP contribution in [0.5, 0.6) is 5.75 Å². The molecule has 2 aromatic carbocycles. The molecule has 3 rings (SSSR count). The Labute approximate surface area is 185 Å². The van der Waals surface area contributed by atoms with Gasteiger partial charge in [-0.25, -0.2) is 8.42 Å². The number of carbonyl (C=O) groups is 1. The van der Waals surface area contributed by atoms with Crippen molar-refractivity contribution < 1.29 is 17.9 Å². The molecule has 1 saturated heterocycles. The average Bonchev–Trinajstić information content (AvgIpc) is 2.73. The van der Waals surface area contributed by atoms with Crippen molar-refractivity contribution in [1.82, 2.24) is 4.31 Å². The van der Waals surface area contributed by atoms with Crippen molar-refractivity contribution in [2.24, 2.45) is 11.8 Å². The van der Waals surface area contributed by atoms with Gasteiger partial charge in [-0.05, 0) is 67.5 Å². The predicted octanol–water partition coefficient (Wildman–Crippen LogP) is 4.26. The van der Waals surface area contributed by atoms with E-state index in [0.717, 1.165) is 23.2 Å². The van der Waals surface area contributed by atoms with E-state index >= 15 is 0 Å². The summed E-state index contributed by atoms with van der Waals surface area (Å²) in [6.45, 7) is 8.98. The van der Waals surface area contributed by atoms with E-state index in [1.54, 1.807) is 24.1 Å². The third-order valence-corrected chi connectivity index (χ3v) is 7.75. The first kappa shape index (κ1) is 23.3. The summed E-state index contributed by atoms with van der Waals surface area (Å²) in [6, 6.07) is 10.5. The lowest BCUT2D eigenvalue weighted by Gasteiger charge is -2.34. The Morgan fingerprint density at radius 3 is 2.32 bits per heavy atom. The van der Waals surface area contributed by atoms with Gasteiger partial charge in [0, 0.05) is 31.4 Å². The predicted molar refractivity (Wildman–Crippen MR) is 123 cm³/mol. The number of rotatable bonds is 5. The molecule has 1 aliphatic rings. The van der Waals surface area contributed by atoms with Crippen LogP contribution in [-0.2, 0) is 10.0 Å². The third-order valence-electron chi connectivity index (χ3n) is 5.89. The number of sulfonamides is 1. The Kier molecular flexibility index (Phi) is 6.76. The lowest BCUT2D eigenvalue weighted by molar-refractivity contribution is 0.0992. The fourth-order valence-corrected chi connectivity index (χ4v) is 6.20. The minimum atomic E-state index is -3.79. The molecule has 0 bridgehead atoms. The monoisotopic (exact) mass is 444 g/mol. The second-order valence-corrected chi connectivity index (χ2v) is 10.7. The van der Waals surface area contributed by atoms with E-state index in [1.807, 2.05) is 32.0 Å². The fourth-order valence-electron chi connectivity index (χ4n) is 4.34. The standard InChI is InChI=1S/C24H32N2O4S/c1-16-7-8-19(4)21(12-16)25(5)24(27)20-9-10-22(30-6)23(13-20)31(28,29)26-14-17(2)11-18(3)15-26/h7-10,12-13,17-18H,11,14-15H2,1-6H3. The topological polar surface area (TPSA) is 66.9 Å². The number of aryl methyl sites for hydroxylation is 2. The molecule has 0 spiro atoms. The molecule has 0 saturated carbocycles. The molecule has 2 aromatic rings. The lowest BCUT2D eigenvalue weighted by Crippen LogP contribution is -2.42. The summed E-state index contributed by atoms with van der Waals surface area (Å²) < 4.78 is 33.9. The summed E-state index contributed by atoms with van der Waals surface area (Å²) in [5, 5.41) is 0. The number of carbonyl (C=O) groups excluding carboxylic acids is 1. The van der Waals surface area contributed by atoms with Gasteiger partial charge in [-0.3, -0.25) is 4.79 Å². The van der Waals surface area contributed by atoms with Crippen LogP contribution in [0.15, 0.2) is 41.3 Å². The number of methoxy groups -OCH3 is 1. The molecule has 7 heteroatoms. The molecule has 1 aliphatic heterocycles. The van der Waals surface area contributed by atoms with Crippen molar-refractivity contribution in [3.63, 3.8) is 0 Å². The van der Waals surface area contributed by atoms with E-state index in [9.17, 15) is 13.2 Å². The van der Waals surface area contributed by atoms with E-state index in [4.69, 9.17) is 4.74 Å². The van der Waals surface area contributed by atoms with E-state index in [0.29, 0.717) is 18.7 Å². The molecule has 0 N–H and O–H groups in total. The molecule has 1 amide bonds. The van der Waals surface area contributed by atoms with Crippen LogP contribution in [-0.4, -0.2) is 45.9 Å². The van der Waals surface area contributed by atoms with Gasteiger partial charge in [0.1, 0.15) is 10.6 Å². The number of piperidine rings is 1. The van der Waals surface area contributed by atoms with Crippen molar-refractivity contribution in [3.8, 4) is 5.75 Å². The highest BCUT2D eigenvalue weighted by Crippen LogP contribution is 2.32. The van der Waals surface area contributed by atoms with Gasteiger partial charge in [0.05, 0.1) is 7.11 Å².